The van der Waals surface area contributed by atoms with Gasteiger partial charge < -0.3 is 0 Å². The predicted octanol–water partition coefficient (Wildman–Crippen LogP) is 13.6. The average molecular weight is 687 g/mol. The number of allylic oxidation sites excluding steroid dienone is 1. The Balaban J connectivity index is 0.991. The van der Waals surface area contributed by atoms with Crippen LogP contribution in [-0.4, -0.2) is 9.97 Å². The summed E-state index contributed by atoms with van der Waals surface area (Å²) in [7, 11) is 0. The number of pyridine rings is 2. The topological polar surface area (TPSA) is 25.8 Å². The zero-order chi connectivity index (χ0) is 35.6. The number of aryl methyl sites for hydroxylation is 1. The fourth-order valence-electron chi connectivity index (χ4n) is 8.82. The van der Waals surface area contributed by atoms with Gasteiger partial charge in [0, 0.05) is 23.2 Å². The lowest BCUT2D eigenvalue weighted by Gasteiger charge is -2.22. The molecule has 0 saturated carbocycles. The Labute approximate surface area is 313 Å². The van der Waals surface area contributed by atoms with Gasteiger partial charge in [0.05, 0.1) is 11.0 Å². The van der Waals surface area contributed by atoms with Crippen molar-refractivity contribution < 1.29 is 0 Å². The molecule has 0 N–H and O–H groups in total. The fourth-order valence-corrected chi connectivity index (χ4v) is 8.82. The molecule has 0 atom stereocenters. The van der Waals surface area contributed by atoms with Crippen LogP contribution < -0.4 is 0 Å². The molecule has 0 bridgehead atoms. The Morgan fingerprint density at radius 1 is 0.370 bits per heavy atom. The van der Waals surface area contributed by atoms with Crippen LogP contribution >= 0.6 is 0 Å². The molecule has 0 fully saturated rings. The molecule has 0 amide bonds. The molecule has 10 aromatic rings. The lowest BCUT2D eigenvalue weighted by Crippen LogP contribution is -2.00. The summed E-state index contributed by atoms with van der Waals surface area (Å²) < 4.78 is 0. The van der Waals surface area contributed by atoms with Gasteiger partial charge in [-0.05, 0) is 137 Å². The second-order valence-electron chi connectivity index (χ2n) is 14.4. The summed E-state index contributed by atoms with van der Waals surface area (Å²) in [6.07, 6.45) is 8.18. The van der Waals surface area contributed by atoms with Crippen molar-refractivity contribution in [2.45, 2.75) is 12.8 Å². The predicted molar refractivity (Wildman–Crippen MR) is 228 cm³/mol. The van der Waals surface area contributed by atoms with Gasteiger partial charge in [-0.25, -0.2) is 0 Å². The van der Waals surface area contributed by atoms with Gasteiger partial charge >= 0.3 is 0 Å². The van der Waals surface area contributed by atoms with Gasteiger partial charge in [0.15, 0.2) is 0 Å². The number of benzene rings is 8. The van der Waals surface area contributed by atoms with E-state index in [1.807, 2.05) is 24.5 Å². The molecule has 2 heterocycles. The van der Waals surface area contributed by atoms with Gasteiger partial charge in [-0.15, -0.1) is 0 Å². The molecule has 1 aliphatic rings. The average Bonchev–Trinajstić information content (AvgIpc) is 3.23. The van der Waals surface area contributed by atoms with E-state index >= 15 is 0 Å². The maximum atomic E-state index is 4.74. The van der Waals surface area contributed by atoms with E-state index in [2.05, 4.69) is 163 Å². The zero-order valence-electron chi connectivity index (χ0n) is 29.6. The summed E-state index contributed by atoms with van der Waals surface area (Å²) in [5.41, 5.74) is 14.6. The van der Waals surface area contributed by atoms with Crippen LogP contribution in [0.3, 0.4) is 0 Å². The van der Waals surface area contributed by atoms with Crippen molar-refractivity contribution in [1.29, 1.82) is 0 Å². The highest BCUT2D eigenvalue weighted by atomic mass is 14.7. The zero-order valence-corrected chi connectivity index (χ0v) is 29.6. The van der Waals surface area contributed by atoms with Gasteiger partial charge in [-0.1, -0.05) is 133 Å². The van der Waals surface area contributed by atoms with E-state index in [1.165, 1.54) is 88.0 Å². The number of hydrogen-bond donors (Lipinski definition) is 0. The van der Waals surface area contributed by atoms with Crippen molar-refractivity contribution in [2.24, 2.45) is 0 Å². The minimum Gasteiger partial charge on any atom is -0.254 e. The van der Waals surface area contributed by atoms with Gasteiger partial charge in [-0.3, -0.25) is 9.97 Å². The first-order chi connectivity index (χ1) is 26.8. The summed E-state index contributed by atoms with van der Waals surface area (Å²) in [5.74, 6) is 0. The minimum absolute atomic E-state index is 0.940. The third-order valence-electron chi connectivity index (χ3n) is 11.4. The molecule has 0 unspecified atom stereocenters. The van der Waals surface area contributed by atoms with E-state index in [4.69, 9.17) is 4.98 Å². The molecule has 2 aromatic heterocycles. The van der Waals surface area contributed by atoms with Crippen molar-refractivity contribution >= 4 is 59.7 Å². The van der Waals surface area contributed by atoms with Crippen LogP contribution in [0.5, 0.6) is 0 Å². The van der Waals surface area contributed by atoms with Crippen molar-refractivity contribution in [1.82, 2.24) is 9.97 Å². The molecule has 0 saturated heterocycles. The molecule has 0 radical (unpaired) electrons. The molecule has 11 rings (SSSR count). The fraction of sp³-hybridized carbons (Fsp3) is 0.0385. The second kappa shape index (κ2) is 12.4. The van der Waals surface area contributed by atoms with E-state index in [9.17, 15) is 0 Å². The smallest absolute Gasteiger partial charge is 0.0970 e. The standard InChI is InChI=1S/C52H34N2/c1-3-15-45-33(9-1)11-6-17-42(47-26-21-34-10-2-4-16-46(34)50(45)47)37-13-5-12-35(29-37)36-22-24-43-38(30-36)19-20-39-31-40(23-25-44(39)43)49-32-41-14-7-27-53-51(41)52-48(49)18-8-28-54-52/h1-5,7-10,12-32H,6,11H2/b42-17-. The summed E-state index contributed by atoms with van der Waals surface area (Å²) in [6, 6.07) is 60.4. The van der Waals surface area contributed by atoms with Crippen LogP contribution in [0.4, 0.5) is 0 Å². The third kappa shape index (κ3) is 4.95. The Kier molecular flexibility index (Phi) is 7.03. The number of aromatic nitrogens is 2. The molecule has 252 valence electrons. The third-order valence-corrected chi connectivity index (χ3v) is 11.4. The van der Waals surface area contributed by atoms with Gasteiger partial charge in [0.1, 0.15) is 0 Å². The number of fused-ring (bicyclic) bond motifs is 11. The van der Waals surface area contributed by atoms with Crippen LogP contribution in [0.25, 0.3) is 93.1 Å². The Bertz CT molecular complexity index is 3170. The molecule has 0 aliphatic heterocycles. The molecule has 8 aromatic carbocycles. The Hall–Kier alpha value is -6.90. The highest BCUT2D eigenvalue weighted by Gasteiger charge is 2.20. The van der Waals surface area contributed by atoms with Crippen molar-refractivity contribution in [3.8, 4) is 33.4 Å². The number of rotatable bonds is 3. The first-order valence-electron chi connectivity index (χ1n) is 18.8. The van der Waals surface area contributed by atoms with Gasteiger partial charge in [0.2, 0.25) is 0 Å². The first-order valence-corrected chi connectivity index (χ1v) is 18.8. The first kappa shape index (κ1) is 30.7. The summed E-state index contributed by atoms with van der Waals surface area (Å²) in [6.45, 7) is 0. The quantitative estimate of drug-likeness (QED) is 0.173. The van der Waals surface area contributed by atoms with Gasteiger partial charge in [-0.2, -0.15) is 0 Å². The lowest BCUT2D eigenvalue weighted by molar-refractivity contribution is 1.00. The molecule has 2 heteroatoms. The van der Waals surface area contributed by atoms with E-state index in [0.29, 0.717) is 0 Å². The van der Waals surface area contributed by atoms with E-state index in [1.54, 1.807) is 0 Å². The molecule has 54 heavy (non-hydrogen) atoms. The maximum absolute atomic E-state index is 4.74. The minimum atomic E-state index is 0.940. The Morgan fingerprint density at radius 3 is 1.96 bits per heavy atom. The van der Waals surface area contributed by atoms with E-state index in [0.717, 1.165) is 34.6 Å². The summed E-state index contributed by atoms with van der Waals surface area (Å²) >= 11 is 0. The normalized spacial score (nSPS) is 13.7. The number of nitrogens with zero attached hydrogens (tertiary/aromatic N) is 2. The summed E-state index contributed by atoms with van der Waals surface area (Å²) in [4.78, 5) is 9.39. The molecule has 1 aliphatic carbocycles. The SMILES string of the molecule is C1=C(/c2cccc(-c3ccc4c(ccc5cc(-c6cc7cccnc7c7ncccc67)ccc54)c3)c2)c2ccc3ccccc3c2-c2ccccc2CC/1. The molecule has 2 nitrogen and oxygen atoms in total. The van der Waals surface area contributed by atoms with Gasteiger partial charge in [0.25, 0.3) is 0 Å². The van der Waals surface area contributed by atoms with E-state index in [-0.39, 0.29) is 0 Å². The highest BCUT2D eigenvalue weighted by Crippen LogP contribution is 2.43. The monoisotopic (exact) mass is 686 g/mol. The summed E-state index contributed by atoms with van der Waals surface area (Å²) in [5, 5.41) is 9.78. The van der Waals surface area contributed by atoms with Crippen LogP contribution in [-0.2, 0) is 6.42 Å². The molecular weight excluding hydrogens is 653 g/mol. The van der Waals surface area contributed by atoms with E-state index < -0.39 is 0 Å². The van der Waals surface area contributed by atoms with Crippen molar-refractivity contribution in [3.05, 3.63) is 199 Å². The van der Waals surface area contributed by atoms with Crippen LogP contribution in [0.15, 0.2) is 182 Å². The largest absolute Gasteiger partial charge is 0.254 e. The van der Waals surface area contributed by atoms with Crippen LogP contribution in [0.2, 0.25) is 0 Å². The lowest BCUT2D eigenvalue weighted by atomic mass is 9.82. The van der Waals surface area contributed by atoms with Crippen LogP contribution in [0, 0.1) is 0 Å². The maximum Gasteiger partial charge on any atom is 0.0970 e. The van der Waals surface area contributed by atoms with Crippen LogP contribution in [0.1, 0.15) is 23.1 Å². The molecule has 0 spiro atoms. The Morgan fingerprint density at radius 2 is 1.06 bits per heavy atom. The van der Waals surface area contributed by atoms with Crippen molar-refractivity contribution in [3.63, 3.8) is 0 Å². The number of hydrogen-bond acceptors (Lipinski definition) is 2. The highest BCUT2D eigenvalue weighted by molar-refractivity contribution is 6.13. The second-order valence-corrected chi connectivity index (χ2v) is 14.4. The molecular formula is C52H34N2. The van der Waals surface area contributed by atoms with Crippen molar-refractivity contribution in [2.75, 3.05) is 0 Å².